The molecule has 0 aliphatic rings. The van der Waals surface area contributed by atoms with Gasteiger partial charge in [0.2, 0.25) is 0 Å². The quantitative estimate of drug-likeness (QED) is 0.259. The maximum absolute atomic E-state index is 12.1. The number of hydrogen-bond donors (Lipinski definition) is 1. The summed E-state index contributed by atoms with van der Waals surface area (Å²) in [4.78, 5) is -0.683. The molecule has 0 amide bonds. The molecule has 2 rings (SSSR count). The zero-order valence-electron chi connectivity index (χ0n) is 18.8. The third-order valence-electron chi connectivity index (χ3n) is 5.19. The van der Waals surface area contributed by atoms with Gasteiger partial charge in [-0.25, -0.2) is 0 Å². The average molecular weight is 473 g/mol. The zero-order chi connectivity index (χ0) is 21.8. The molecule has 0 atom stereocenters. The molecule has 0 saturated heterocycles. The van der Waals surface area contributed by atoms with Crippen molar-refractivity contribution in [1.29, 1.82) is 0 Å². The van der Waals surface area contributed by atoms with Crippen molar-refractivity contribution < 1.29 is 74.2 Å². The summed E-state index contributed by atoms with van der Waals surface area (Å²) in [6.45, 7) is 2.24. The fraction of sp³-hybridized carbons (Fsp3) is 0.500. The molecule has 1 N–H and O–H groups in total. The van der Waals surface area contributed by atoms with E-state index in [0.717, 1.165) is 18.9 Å². The third-order valence-corrected chi connectivity index (χ3v) is 6.07. The van der Waals surface area contributed by atoms with Crippen LogP contribution in [0.1, 0.15) is 76.7 Å². The Morgan fingerprint density at radius 1 is 0.839 bits per heavy atom. The van der Waals surface area contributed by atoms with Crippen molar-refractivity contribution in [2.45, 2.75) is 82.4 Å². The first-order valence-electron chi connectivity index (χ1n) is 11.0. The molecule has 0 saturated carbocycles. The average Bonchev–Trinajstić information content (AvgIpc) is 2.71. The Kier molecular flexibility index (Phi) is 14.2. The van der Waals surface area contributed by atoms with Crippen LogP contribution >= 0.6 is 0 Å². The molecule has 0 aliphatic carbocycles. The maximum atomic E-state index is 12.1. The summed E-state index contributed by atoms with van der Waals surface area (Å²) >= 11 is 0. The van der Waals surface area contributed by atoms with Crippen molar-refractivity contribution in [2.24, 2.45) is 0 Å². The fourth-order valence-corrected chi connectivity index (χ4v) is 4.03. The number of para-hydroxylation sites is 1. The van der Waals surface area contributed by atoms with E-state index in [-0.39, 0.29) is 57.1 Å². The number of hydrogen-bond acceptors (Lipinski definition) is 4. The van der Waals surface area contributed by atoms with E-state index in [9.17, 15) is 13.5 Å². The van der Waals surface area contributed by atoms with E-state index in [1.54, 1.807) is 12.1 Å². The minimum Gasteiger partial charge on any atom is -0.869 e. The monoisotopic (exact) mass is 472 g/mol. The van der Waals surface area contributed by atoms with Crippen molar-refractivity contribution >= 4 is 10.1 Å². The van der Waals surface area contributed by atoms with E-state index in [4.69, 9.17) is 9.29 Å². The van der Waals surface area contributed by atoms with Crippen LogP contribution in [0.5, 0.6) is 17.2 Å². The summed E-state index contributed by atoms with van der Waals surface area (Å²) < 4.78 is 37.1. The molecule has 166 valence electrons. The summed E-state index contributed by atoms with van der Waals surface area (Å²) in [6, 6.07) is 11.3. The van der Waals surface area contributed by atoms with Gasteiger partial charge in [-0.1, -0.05) is 82.9 Å². The zero-order valence-corrected chi connectivity index (χ0v) is 22.7. The predicted octanol–water partition coefficient (Wildman–Crippen LogP) is 3.27. The summed E-state index contributed by atoms with van der Waals surface area (Å²) in [5.74, 6) is -0.534. The SMILES string of the molecule is CCCCCCCCCCCCc1ccc(Oc2cccc(S(=O)(=O)O)c2[O-])cc1.[K+]. The number of benzene rings is 2. The Hall–Kier alpha value is -0.414. The van der Waals surface area contributed by atoms with Crippen LogP contribution in [0.4, 0.5) is 0 Å². The molecule has 0 spiro atoms. The van der Waals surface area contributed by atoms with Crippen LogP contribution in [0.15, 0.2) is 47.4 Å². The number of unbranched alkanes of at least 4 members (excludes halogenated alkanes) is 9. The Bertz CT molecular complexity index is 866. The third kappa shape index (κ3) is 10.8. The van der Waals surface area contributed by atoms with E-state index in [2.05, 4.69) is 6.92 Å². The Morgan fingerprint density at radius 2 is 1.39 bits per heavy atom. The molecule has 0 aromatic heterocycles. The van der Waals surface area contributed by atoms with Gasteiger partial charge >= 0.3 is 51.4 Å². The first-order chi connectivity index (χ1) is 14.4. The molecule has 0 unspecified atom stereocenters. The summed E-state index contributed by atoms with van der Waals surface area (Å²) in [5, 5.41) is 12.1. The topological polar surface area (TPSA) is 86.7 Å². The smallest absolute Gasteiger partial charge is 0.869 e. The van der Waals surface area contributed by atoms with Gasteiger partial charge in [0.05, 0.1) is 4.90 Å². The second-order valence-electron chi connectivity index (χ2n) is 7.74. The Morgan fingerprint density at radius 3 is 1.94 bits per heavy atom. The molecule has 5 nitrogen and oxygen atoms in total. The molecule has 0 aliphatic heterocycles. The molecule has 7 heteroatoms. The van der Waals surface area contributed by atoms with Crippen LogP contribution in [0.2, 0.25) is 0 Å². The number of rotatable bonds is 14. The first-order valence-corrected chi connectivity index (χ1v) is 12.4. The van der Waals surface area contributed by atoms with Gasteiger partial charge in [0.15, 0.2) is 0 Å². The molecule has 0 heterocycles. The molecule has 2 aromatic rings. The largest absolute Gasteiger partial charge is 1.00 e. The van der Waals surface area contributed by atoms with Gasteiger partial charge in [-0.15, -0.1) is 0 Å². The fourth-order valence-electron chi connectivity index (χ4n) is 3.45. The molecular formula is C24H33KO5S. The van der Waals surface area contributed by atoms with Gasteiger partial charge in [0.1, 0.15) is 11.5 Å². The summed E-state index contributed by atoms with van der Waals surface area (Å²) in [7, 11) is -4.57. The van der Waals surface area contributed by atoms with Gasteiger partial charge in [0, 0.05) is 0 Å². The van der Waals surface area contributed by atoms with Crippen molar-refractivity contribution in [3.8, 4) is 17.2 Å². The van der Waals surface area contributed by atoms with Crippen LogP contribution in [0.3, 0.4) is 0 Å². The van der Waals surface area contributed by atoms with Gasteiger partial charge < -0.3 is 9.84 Å². The van der Waals surface area contributed by atoms with E-state index < -0.39 is 20.8 Å². The minimum absolute atomic E-state index is 0. The normalized spacial score (nSPS) is 11.2. The molecule has 0 fully saturated rings. The van der Waals surface area contributed by atoms with Gasteiger partial charge in [-0.3, -0.25) is 4.55 Å². The Balaban J connectivity index is 0.00000480. The van der Waals surface area contributed by atoms with E-state index in [0.29, 0.717) is 5.75 Å². The maximum Gasteiger partial charge on any atom is 1.00 e. The van der Waals surface area contributed by atoms with Crippen LogP contribution in [0.25, 0.3) is 0 Å². The van der Waals surface area contributed by atoms with E-state index in [1.165, 1.54) is 75.5 Å². The first kappa shape index (κ1) is 28.6. The molecule has 2 aromatic carbocycles. The molecular weight excluding hydrogens is 439 g/mol. The van der Waals surface area contributed by atoms with Crippen LogP contribution in [-0.2, 0) is 16.5 Å². The number of ether oxygens (including phenoxy) is 1. The minimum atomic E-state index is -4.57. The van der Waals surface area contributed by atoms with Crippen LogP contribution in [-0.4, -0.2) is 13.0 Å². The molecule has 31 heavy (non-hydrogen) atoms. The van der Waals surface area contributed by atoms with Crippen LogP contribution in [0, 0.1) is 0 Å². The van der Waals surface area contributed by atoms with Crippen molar-refractivity contribution in [1.82, 2.24) is 0 Å². The molecule has 0 bridgehead atoms. The van der Waals surface area contributed by atoms with Gasteiger partial charge in [-0.2, -0.15) is 8.42 Å². The second-order valence-corrected chi connectivity index (χ2v) is 9.13. The predicted molar refractivity (Wildman–Crippen MR) is 118 cm³/mol. The van der Waals surface area contributed by atoms with E-state index in [1.807, 2.05) is 12.1 Å². The van der Waals surface area contributed by atoms with Gasteiger partial charge in [-0.05, 0) is 48.4 Å². The van der Waals surface area contributed by atoms with Gasteiger partial charge in [0.25, 0.3) is 10.1 Å². The van der Waals surface area contributed by atoms with Crippen molar-refractivity contribution in [3.05, 3.63) is 48.0 Å². The summed E-state index contributed by atoms with van der Waals surface area (Å²) in [6.07, 6.45) is 14.1. The van der Waals surface area contributed by atoms with Crippen LogP contribution < -0.4 is 61.2 Å². The second kappa shape index (κ2) is 15.4. The molecule has 0 radical (unpaired) electrons. The standard InChI is InChI=1S/C24H34O5S.K/c1-2-3-4-5-6-7-8-9-10-11-13-20-16-18-21(19-17-20)29-22-14-12-15-23(24(22)25)30(26,27)28;/h12,14-19,25H,2-11,13H2,1H3,(H,26,27,28);/q;+1/p-1. The van der Waals surface area contributed by atoms with Crippen molar-refractivity contribution in [3.63, 3.8) is 0 Å². The van der Waals surface area contributed by atoms with E-state index >= 15 is 0 Å². The number of aryl methyl sites for hydroxylation is 1. The Labute approximate surface area is 229 Å². The summed E-state index contributed by atoms with van der Waals surface area (Å²) in [5.41, 5.74) is 1.20. The van der Waals surface area contributed by atoms with Crippen molar-refractivity contribution in [2.75, 3.05) is 0 Å².